The van der Waals surface area contributed by atoms with Crippen molar-refractivity contribution in [2.24, 2.45) is 4.99 Å². The zero-order chi connectivity index (χ0) is 19.8. The fourth-order valence-corrected chi connectivity index (χ4v) is 5.74. The van der Waals surface area contributed by atoms with E-state index in [0.29, 0.717) is 24.2 Å². The average molecular weight is 476 g/mol. The van der Waals surface area contributed by atoms with Gasteiger partial charge >= 0.3 is 5.97 Å². The van der Waals surface area contributed by atoms with E-state index in [9.17, 15) is 18.0 Å². The van der Waals surface area contributed by atoms with E-state index in [0.717, 1.165) is 20.9 Å². The average Bonchev–Trinajstić information content (AvgIpc) is 3.20. The largest absolute Gasteiger partial charge is 0.468 e. The highest BCUT2D eigenvalue weighted by Gasteiger charge is 2.36. The van der Waals surface area contributed by atoms with E-state index in [1.54, 1.807) is 4.57 Å². The maximum absolute atomic E-state index is 12.7. The van der Waals surface area contributed by atoms with Crippen molar-refractivity contribution >= 4 is 59.4 Å². The number of hydrogen-bond donors (Lipinski definition) is 0. The Kier molecular flexibility index (Phi) is 5.84. The van der Waals surface area contributed by atoms with Gasteiger partial charge in [0, 0.05) is 11.0 Å². The first-order valence-corrected chi connectivity index (χ1v) is 11.6. The Morgan fingerprint density at radius 3 is 2.81 bits per heavy atom. The minimum absolute atomic E-state index is 0.0926. The number of amides is 1. The van der Waals surface area contributed by atoms with Crippen LogP contribution in [0, 0.1) is 0 Å². The second-order valence-electron chi connectivity index (χ2n) is 6.14. The number of thiazole rings is 1. The molecule has 1 saturated heterocycles. The maximum Gasteiger partial charge on any atom is 0.325 e. The van der Waals surface area contributed by atoms with Crippen LogP contribution in [0.25, 0.3) is 10.2 Å². The van der Waals surface area contributed by atoms with E-state index >= 15 is 0 Å². The van der Waals surface area contributed by atoms with E-state index in [4.69, 9.17) is 4.74 Å². The second-order valence-corrected chi connectivity index (χ2v) is 10.0. The molecule has 1 atom stereocenters. The molecule has 1 aliphatic heterocycles. The van der Waals surface area contributed by atoms with Crippen LogP contribution in [-0.4, -0.2) is 55.1 Å². The van der Waals surface area contributed by atoms with Gasteiger partial charge in [0.15, 0.2) is 4.80 Å². The third-order valence-corrected chi connectivity index (χ3v) is 7.10. The molecular formula is C16H18BrN3O5S2. The predicted molar refractivity (Wildman–Crippen MR) is 105 cm³/mol. The molecule has 1 amide bonds. The van der Waals surface area contributed by atoms with Crippen molar-refractivity contribution in [3.63, 3.8) is 0 Å². The summed E-state index contributed by atoms with van der Waals surface area (Å²) in [6.07, 6.45) is 2.14. The van der Waals surface area contributed by atoms with Gasteiger partial charge in [-0.3, -0.25) is 9.59 Å². The van der Waals surface area contributed by atoms with Crippen LogP contribution in [0.2, 0.25) is 0 Å². The number of rotatable bonds is 4. The number of benzene rings is 1. The second kappa shape index (κ2) is 7.82. The van der Waals surface area contributed by atoms with Crippen molar-refractivity contribution in [2.75, 3.05) is 19.9 Å². The zero-order valence-corrected chi connectivity index (χ0v) is 17.9. The third-order valence-electron chi connectivity index (χ3n) is 4.28. The number of methoxy groups -OCH3 is 1. The molecule has 2 heterocycles. The van der Waals surface area contributed by atoms with Crippen molar-refractivity contribution < 1.29 is 22.7 Å². The first-order chi connectivity index (χ1) is 12.7. The molecule has 1 aromatic carbocycles. The number of esters is 1. The normalized spacial score (nSPS) is 18.9. The summed E-state index contributed by atoms with van der Waals surface area (Å²) in [4.78, 5) is 29.0. The Balaban J connectivity index is 2.08. The Hall–Kier alpha value is -1.56. The van der Waals surface area contributed by atoms with Gasteiger partial charge in [-0.1, -0.05) is 27.3 Å². The molecule has 8 nitrogen and oxygen atoms in total. The number of carbonyl (C=O) groups excluding carboxylic acids is 2. The Morgan fingerprint density at radius 1 is 1.41 bits per heavy atom. The van der Waals surface area contributed by atoms with Crippen molar-refractivity contribution in [3.05, 3.63) is 27.5 Å². The molecule has 3 rings (SSSR count). The smallest absolute Gasteiger partial charge is 0.325 e. The zero-order valence-electron chi connectivity index (χ0n) is 14.7. The number of carbonyl (C=O) groups is 2. The van der Waals surface area contributed by atoms with Gasteiger partial charge < -0.3 is 9.30 Å². The summed E-state index contributed by atoms with van der Waals surface area (Å²) in [5.74, 6) is -0.993. The molecule has 1 fully saturated rings. The van der Waals surface area contributed by atoms with E-state index < -0.39 is 27.9 Å². The fourth-order valence-electron chi connectivity index (χ4n) is 3.03. The summed E-state index contributed by atoms with van der Waals surface area (Å²) in [7, 11) is -2.19. The minimum atomic E-state index is -3.48. The van der Waals surface area contributed by atoms with Crippen LogP contribution in [0.15, 0.2) is 27.7 Å². The molecule has 2 aromatic rings. The number of ether oxygens (including phenoxy) is 1. The lowest BCUT2D eigenvalue weighted by molar-refractivity contribution is -0.141. The van der Waals surface area contributed by atoms with E-state index in [2.05, 4.69) is 20.9 Å². The number of fused-ring (bicyclic) bond motifs is 1. The van der Waals surface area contributed by atoms with Crippen LogP contribution < -0.4 is 4.80 Å². The SMILES string of the molecule is COC(=O)Cn1c(=NC(=O)C2CCCN2S(C)(=O)=O)sc2cc(Br)ccc21. The molecule has 0 radical (unpaired) electrons. The van der Waals surface area contributed by atoms with Gasteiger partial charge in [-0.05, 0) is 31.0 Å². The van der Waals surface area contributed by atoms with Crippen molar-refractivity contribution in [1.82, 2.24) is 8.87 Å². The number of hydrogen-bond acceptors (Lipinski definition) is 6. The standard InChI is InChI=1S/C16H18BrN3O5S2/c1-25-14(21)9-19-11-6-5-10(17)8-13(11)26-16(19)18-15(22)12-4-3-7-20(12)27(2,23)24/h5-6,8,12H,3-4,7,9H2,1-2H3. The number of halogens is 1. The number of sulfonamides is 1. The first-order valence-electron chi connectivity index (χ1n) is 8.12. The molecule has 1 unspecified atom stereocenters. The predicted octanol–water partition coefficient (Wildman–Crippen LogP) is 1.49. The Morgan fingerprint density at radius 2 is 2.15 bits per heavy atom. The van der Waals surface area contributed by atoms with E-state index in [1.165, 1.54) is 22.8 Å². The third kappa shape index (κ3) is 4.31. The van der Waals surface area contributed by atoms with Gasteiger partial charge in [-0.2, -0.15) is 9.30 Å². The summed E-state index contributed by atoms with van der Waals surface area (Å²) in [6.45, 7) is 0.219. The first kappa shape index (κ1) is 20.2. The summed E-state index contributed by atoms with van der Waals surface area (Å²) in [5.41, 5.74) is 0.742. The van der Waals surface area contributed by atoms with E-state index in [1.807, 2.05) is 18.2 Å². The van der Waals surface area contributed by atoms with Crippen LogP contribution in [0.3, 0.4) is 0 Å². The molecule has 0 N–H and O–H groups in total. The fraction of sp³-hybridized carbons (Fsp3) is 0.438. The summed E-state index contributed by atoms with van der Waals surface area (Å²) in [6, 6.07) is 4.72. The molecule has 0 aliphatic carbocycles. The van der Waals surface area contributed by atoms with Crippen LogP contribution in [0.5, 0.6) is 0 Å². The Bertz CT molecular complexity index is 1070. The van der Waals surface area contributed by atoms with Gasteiger partial charge in [0.25, 0.3) is 5.91 Å². The number of nitrogens with zero attached hydrogens (tertiary/aromatic N) is 3. The number of aromatic nitrogens is 1. The molecule has 11 heteroatoms. The topological polar surface area (TPSA) is 98.0 Å². The molecule has 146 valence electrons. The molecule has 0 bridgehead atoms. The van der Waals surface area contributed by atoms with Gasteiger partial charge in [0.2, 0.25) is 10.0 Å². The molecule has 0 saturated carbocycles. The van der Waals surface area contributed by atoms with Gasteiger partial charge in [0.1, 0.15) is 12.6 Å². The molecule has 1 aromatic heterocycles. The van der Waals surface area contributed by atoms with Crippen molar-refractivity contribution in [2.45, 2.75) is 25.4 Å². The highest BCUT2D eigenvalue weighted by atomic mass is 79.9. The summed E-state index contributed by atoms with van der Waals surface area (Å²) in [5, 5.41) is 0. The minimum Gasteiger partial charge on any atom is -0.468 e. The lowest BCUT2D eigenvalue weighted by Crippen LogP contribution is -2.40. The highest BCUT2D eigenvalue weighted by Crippen LogP contribution is 2.24. The Labute approximate surface area is 168 Å². The molecule has 1 aliphatic rings. The van der Waals surface area contributed by atoms with Gasteiger partial charge in [0.05, 0.1) is 23.6 Å². The molecular weight excluding hydrogens is 458 g/mol. The van der Waals surface area contributed by atoms with Crippen LogP contribution in [0.4, 0.5) is 0 Å². The van der Waals surface area contributed by atoms with Crippen molar-refractivity contribution in [1.29, 1.82) is 0 Å². The quantitative estimate of drug-likeness (QED) is 0.623. The molecule has 27 heavy (non-hydrogen) atoms. The summed E-state index contributed by atoms with van der Waals surface area (Å²) >= 11 is 4.66. The van der Waals surface area contributed by atoms with E-state index in [-0.39, 0.29) is 6.54 Å². The summed E-state index contributed by atoms with van der Waals surface area (Å²) < 4.78 is 33.0. The van der Waals surface area contributed by atoms with Crippen LogP contribution in [0.1, 0.15) is 12.8 Å². The monoisotopic (exact) mass is 475 g/mol. The highest BCUT2D eigenvalue weighted by molar-refractivity contribution is 9.10. The van der Waals surface area contributed by atoms with Crippen molar-refractivity contribution in [3.8, 4) is 0 Å². The van der Waals surface area contributed by atoms with Crippen LogP contribution in [-0.2, 0) is 30.9 Å². The maximum atomic E-state index is 12.7. The van der Waals surface area contributed by atoms with Crippen LogP contribution >= 0.6 is 27.3 Å². The van der Waals surface area contributed by atoms with Gasteiger partial charge in [-0.25, -0.2) is 8.42 Å². The lowest BCUT2D eigenvalue weighted by Gasteiger charge is -2.18. The molecule has 0 spiro atoms. The lowest BCUT2D eigenvalue weighted by atomic mass is 10.2. The van der Waals surface area contributed by atoms with Gasteiger partial charge in [-0.15, -0.1) is 0 Å².